The smallest absolute Gasteiger partial charge is 0.270 e. The summed E-state index contributed by atoms with van der Waals surface area (Å²) in [6, 6.07) is 23.6. The number of amides is 1. The van der Waals surface area contributed by atoms with Crippen molar-refractivity contribution in [3.8, 4) is 11.5 Å². The summed E-state index contributed by atoms with van der Waals surface area (Å²) in [6.07, 6.45) is 1.79. The minimum absolute atomic E-state index is 0.176. The zero-order chi connectivity index (χ0) is 25.2. The van der Waals surface area contributed by atoms with Gasteiger partial charge in [-0.15, -0.1) is 0 Å². The van der Waals surface area contributed by atoms with Crippen molar-refractivity contribution in [3.05, 3.63) is 105 Å². The monoisotopic (exact) mass is 579 g/mol. The second-order valence-corrected chi connectivity index (χ2v) is 10.5. The first-order valence-corrected chi connectivity index (χ1v) is 13.0. The van der Waals surface area contributed by atoms with Crippen LogP contribution in [0.1, 0.15) is 11.1 Å². The van der Waals surface area contributed by atoms with Gasteiger partial charge in [0.2, 0.25) is 0 Å². The van der Waals surface area contributed by atoms with E-state index in [0.29, 0.717) is 30.8 Å². The van der Waals surface area contributed by atoms with Crippen LogP contribution in [0.4, 0.5) is 10.1 Å². The molecule has 0 N–H and O–H groups in total. The number of nitrogens with zero attached hydrogens (tertiary/aromatic N) is 1. The summed E-state index contributed by atoms with van der Waals surface area (Å²) >= 11 is 10.4. The van der Waals surface area contributed by atoms with Gasteiger partial charge in [0.05, 0.1) is 22.2 Å². The average molecular weight is 581 g/mol. The van der Waals surface area contributed by atoms with Crippen LogP contribution in [0.3, 0.4) is 0 Å². The number of hydrogen-bond acceptors (Lipinski definition) is 5. The fraction of sp³-hybridized carbons (Fsp3) is 0.0714. The van der Waals surface area contributed by atoms with Crippen LogP contribution in [0.25, 0.3) is 16.8 Å². The molecule has 0 unspecified atom stereocenters. The van der Waals surface area contributed by atoms with Crippen LogP contribution < -0.4 is 14.4 Å². The molecule has 1 aliphatic heterocycles. The van der Waals surface area contributed by atoms with Gasteiger partial charge in [-0.05, 0) is 68.9 Å². The number of carbonyl (C=O) groups excluding carboxylic acids is 1. The van der Waals surface area contributed by atoms with Gasteiger partial charge in [-0.1, -0.05) is 72.5 Å². The van der Waals surface area contributed by atoms with Crippen molar-refractivity contribution in [2.45, 2.75) is 6.61 Å². The summed E-state index contributed by atoms with van der Waals surface area (Å²) in [6.45, 7) is 0.176. The third-order valence-electron chi connectivity index (χ3n) is 5.62. The van der Waals surface area contributed by atoms with Crippen LogP contribution in [-0.4, -0.2) is 17.3 Å². The van der Waals surface area contributed by atoms with Gasteiger partial charge in [-0.25, -0.2) is 4.39 Å². The molecule has 0 aromatic heterocycles. The summed E-state index contributed by atoms with van der Waals surface area (Å²) in [5, 5.41) is 2.00. The predicted molar refractivity (Wildman–Crippen MR) is 151 cm³/mol. The number of methoxy groups -OCH3 is 1. The van der Waals surface area contributed by atoms with E-state index in [1.54, 1.807) is 36.3 Å². The van der Waals surface area contributed by atoms with Crippen molar-refractivity contribution in [1.82, 2.24) is 0 Å². The number of thioether (sulfide) groups is 1. The van der Waals surface area contributed by atoms with E-state index in [-0.39, 0.29) is 18.3 Å². The molecule has 4 aromatic rings. The molecule has 180 valence electrons. The Morgan fingerprint density at radius 1 is 1.06 bits per heavy atom. The molecule has 1 saturated heterocycles. The molecule has 0 spiro atoms. The van der Waals surface area contributed by atoms with Crippen LogP contribution in [0.2, 0.25) is 0 Å². The van der Waals surface area contributed by atoms with Gasteiger partial charge < -0.3 is 9.47 Å². The summed E-state index contributed by atoms with van der Waals surface area (Å²) in [7, 11) is 1.54. The lowest BCUT2D eigenvalue weighted by molar-refractivity contribution is -0.113. The zero-order valence-electron chi connectivity index (χ0n) is 19.0. The lowest BCUT2D eigenvalue weighted by atomic mass is 10.1. The second kappa shape index (κ2) is 10.4. The molecular weight excluding hydrogens is 561 g/mol. The Balaban J connectivity index is 1.43. The largest absolute Gasteiger partial charge is 0.493 e. The second-order valence-electron chi connectivity index (χ2n) is 7.97. The van der Waals surface area contributed by atoms with E-state index in [0.717, 1.165) is 22.0 Å². The third-order valence-corrected chi connectivity index (χ3v) is 7.51. The normalized spacial score (nSPS) is 14.6. The minimum Gasteiger partial charge on any atom is -0.493 e. The molecule has 8 heteroatoms. The third kappa shape index (κ3) is 4.89. The molecule has 5 rings (SSSR count). The number of benzene rings is 4. The van der Waals surface area contributed by atoms with E-state index >= 15 is 0 Å². The first-order valence-electron chi connectivity index (χ1n) is 10.9. The molecule has 0 saturated carbocycles. The van der Waals surface area contributed by atoms with Gasteiger partial charge in [-0.2, -0.15) is 0 Å². The molecule has 1 aliphatic rings. The van der Waals surface area contributed by atoms with E-state index in [4.69, 9.17) is 21.7 Å². The lowest BCUT2D eigenvalue weighted by Gasteiger charge is -2.17. The van der Waals surface area contributed by atoms with Crippen molar-refractivity contribution < 1.29 is 18.7 Å². The fourth-order valence-electron chi connectivity index (χ4n) is 3.98. The quantitative estimate of drug-likeness (QED) is 0.172. The van der Waals surface area contributed by atoms with Crippen molar-refractivity contribution in [1.29, 1.82) is 0 Å². The van der Waals surface area contributed by atoms with E-state index in [9.17, 15) is 9.18 Å². The van der Waals surface area contributed by atoms with Crippen molar-refractivity contribution >= 4 is 72.7 Å². The van der Waals surface area contributed by atoms with Crippen molar-refractivity contribution in [2.75, 3.05) is 12.0 Å². The number of carbonyl (C=O) groups is 1. The summed E-state index contributed by atoms with van der Waals surface area (Å²) in [4.78, 5) is 15.5. The molecule has 1 heterocycles. The number of hydrogen-bond donors (Lipinski definition) is 0. The van der Waals surface area contributed by atoms with E-state index in [1.807, 2.05) is 48.5 Å². The zero-order valence-corrected chi connectivity index (χ0v) is 22.3. The first-order chi connectivity index (χ1) is 17.4. The van der Waals surface area contributed by atoms with Crippen LogP contribution in [0.5, 0.6) is 11.5 Å². The molecule has 1 fully saturated rings. The Morgan fingerprint density at radius 3 is 2.64 bits per heavy atom. The molecule has 36 heavy (non-hydrogen) atoms. The van der Waals surface area contributed by atoms with Gasteiger partial charge in [0, 0.05) is 5.39 Å². The molecule has 4 nitrogen and oxygen atoms in total. The first kappa shape index (κ1) is 24.5. The van der Waals surface area contributed by atoms with Gasteiger partial charge in [0.25, 0.3) is 5.91 Å². The average Bonchev–Trinajstić information content (AvgIpc) is 3.15. The molecule has 0 atom stereocenters. The molecule has 0 bridgehead atoms. The molecule has 4 aromatic carbocycles. The topological polar surface area (TPSA) is 38.8 Å². The fourth-order valence-corrected chi connectivity index (χ4v) is 5.83. The number of rotatable bonds is 6. The van der Waals surface area contributed by atoms with Crippen LogP contribution in [0.15, 0.2) is 88.2 Å². The molecular formula is C28H19BrFNO3S2. The SMILES string of the molecule is COc1cc(/C=C2\SC(=S)N(c3cccc4ccccc34)C2=O)cc(Br)c1OCc1cccc(F)c1. The van der Waals surface area contributed by atoms with Crippen molar-refractivity contribution in [2.24, 2.45) is 0 Å². The number of ether oxygens (including phenoxy) is 2. The predicted octanol–water partition coefficient (Wildman–Crippen LogP) is 7.73. The Kier molecular flexibility index (Phi) is 7.09. The van der Waals surface area contributed by atoms with Gasteiger partial charge in [-0.3, -0.25) is 9.69 Å². The van der Waals surface area contributed by atoms with E-state index in [2.05, 4.69) is 15.9 Å². The molecule has 1 amide bonds. The van der Waals surface area contributed by atoms with E-state index in [1.165, 1.54) is 23.9 Å². The number of halogens is 2. The Labute approximate surface area is 225 Å². The number of anilines is 1. The maximum Gasteiger partial charge on any atom is 0.270 e. The standard InChI is InChI=1S/C28H19BrFNO3S2/c1-33-24-14-18(13-22(29)26(24)34-16-17-6-4-9-20(30)12-17)15-25-27(32)31(28(35)36-25)23-11-5-8-19-7-2-3-10-21(19)23/h2-15H,16H2,1H3/b25-15-. The maximum absolute atomic E-state index is 13.5. The number of fused-ring (bicyclic) bond motifs is 1. The highest BCUT2D eigenvalue weighted by molar-refractivity contribution is 9.10. The van der Waals surface area contributed by atoms with Crippen molar-refractivity contribution in [3.63, 3.8) is 0 Å². The van der Waals surface area contributed by atoms with Crippen LogP contribution in [0, 0.1) is 5.82 Å². The van der Waals surface area contributed by atoms with Crippen LogP contribution >= 0.6 is 39.9 Å². The summed E-state index contributed by atoms with van der Waals surface area (Å²) in [5.74, 6) is 0.472. The van der Waals surface area contributed by atoms with Gasteiger partial charge in [0.15, 0.2) is 15.8 Å². The molecule has 0 radical (unpaired) electrons. The minimum atomic E-state index is -0.321. The van der Waals surface area contributed by atoms with Gasteiger partial charge >= 0.3 is 0 Å². The highest BCUT2D eigenvalue weighted by Crippen LogP contribution is 2.41. The lowest BCUT2D eigenvalue weighted by Crippen LogP contribution is -2.27. The Morgan fingerprint density at radius 2 is 1.83 bits per heavy atom. The van der Waals surface area contributed by atoms with E-state index < -0.39 is 0 Å². The highest BCUT2D eigenvalue weighted by atomic mass is 79.9. The Hall–Kier alpha value is -3.20. The summed E-state index contributed by atoms with van der Waals surface area (Å²) in [5.41, 5.74) is 2.21. The highest BCUT2D eigenvalue weighted by Gasteiger charge is 2.34. The van der Waals surface area contributed by atoms with Gasteiger partial charge in [0.1, 0.15) is 12.4 Å². The summed E-state index contributed by atoms with van der Waals surface area (Å²) < 4.78 is 26.1. The number of thiocarbonyl (C=S) groups is 1. The molecule has 0 aliphatic carbocycles. The Bertz CT molecular complexity index is 1530. The maximum atomic E-state index is 13.5. The van der Waals surface area contributed by atoms with Crippen LogP contribution in [-0.2, 0) is 11.4 Å².